The monoisotopic (exact) mass is 1240 g/mol. The van der Waals surface area contributed by atoms with Gasteiger partial charge >= 0.3 is 0 Å². The fraction of sp³-hybridized carbons (Fsp3) is 0.0217. The number of nitrogens with zero attached hydrogens (tertiary/aromatic N) is 1. The number of hydrogen-bond acceptors (Lipinski definition) is 0. The zero-order chi connectivity index (χ0) is 63.0. The lowest BCUT2D eigenvalue weighted by molar-refractivity contribution is 0.610. The Morgan fingerprint density at radius 3 is 1.03 bits per heavy atom. The van der Waals surface area contributed by atoms with E-state index in [2.05, 4.69) is 399 Å². The Morgan fingerprint density at radius 2 is 0.589 bits per heavy atom. The first-order chi connectivity index (χ1) is 47.1. The highest BCUT2D eigenvalue weighted by atomic mass is 28.3. The van der Waals surface area contributed by atoms with Gasteiger partial charge in [-0.3, -0.25) is 0 Å². The molecule has 0 unspecified atom stereocenters. The second-order valence-electron chi connectivity index (χ2n) is 25.7. The lowest BCUT2D eigenvalue weighted by Crippen LogP contribution is -2.75. The van der Waals surface area contributed by atoms with Crippen molar-refractivity contribution >= 4 is 79.4 Å². The van der Waals surface area contributed by atoms with E-state index >= 15 is 0 Å². The van der Waals surface area contributed by atoms with Crippen LogP contribution in [0.4, 0.5) is 0 Å². The van der Waals surface area contributed by atoms with Gasteiger partial charge in [0.15, 0.2) is 16.1 Å². The van der Waals surface area contributed by atoms with Crippen LogP contribution in [0.1, 0.15) is 44.5 Å². The van der Waals surface area contributed by atoms with Crippen molar-refractivity contribution in [2.24, 2.45) is 0 Å². The molecule has 3 heteroatoms. The Kier molecular flexibility index (Phi) is 13.4. The molecule has 0 fully saturated rings. The third-order valence-corrected chi connectivity index (χ3v) is 30.7. The molecule has 15 aromatic carbocycles. The van der Waals surface area contributed by atoms with E-state index in [4.69, 9.17) is 0 Å². The van der Waals surface area contributed by atoms with E-state index in [1.54, 1.807) is 0 Å². The maximum Gasteiger partial charge on any atom is 0.180 e. The van der Waals surface area contributed by atoms with Crippen molar-refractivity contribution in [3.63, 3.8) is 0 Å². The number of rotatable bonds is 12. The smallest absolute Gasteiger partial charge is 0.180 e. The highest BCUT2D eigenvalue weighted by molar-refractivity contribution is 7.21. The summed E-state index contributed by atoms with van der Waals surface area (Å²) in [7, 11) is -6.58. The molecule has 0 atom stereocenters. The first-order valence-corrected chi connectivity index (χ1v) is 37.2. The largest absolute Gasteiger partial charge is 0.309 e. The van der Waals surface area contributed by atoms with Gasteiger partial charge in [-0.2, -0.15) is 0 Å². The van der Waals surface area contributed by atoms with E-state index in [9.17, 15) is 0 Å². The summed E-state index contributed by atoms with van der Waals surface area (Å²) in [6.45, 7) is 0. The molecule has 0 amide bonds. The second-order valence-corrected chi connectivity index (χ2v) is 33.2. The number of hydrogen-bond donors (Lipinski definition) is 0. The minimum absolute atomic E-state index is 0.679. The average Bonchev–Trinajstić information content (AvgIpc) is 1.65. The summed E-state index contributed by atoms with van der Waals surface area (Å²) in [6.07, 6.45) is 0. The van der Waals surface area contributed by atoms with Gasteiger partial charge in [0.25, 0.3) is 0 Å². The van der Waals surface area contributed by atoms with Crippen molar-refractivity contribution in [2.45, 2.75) is 10.8 Å². The SMILES string of the molecule is c1ccc(-c2cc(-c3ccccc3)cc([Si](c3ccccc3)(c3ccccc3)c3ccc4c(c3)-n3c5cccc([Si](c6ccccc6)(c6ccccc6)c6ccccc6)c5c5cccc(c53)C43c4ccccc4C(c4ccccc4)(c4ccccc4)c4ccccc43)c2)cc1. The van der Waals surface area contributed by atoms with E-state index in [1.807, 2.05) is 0 Å². The molecule has 1 nitrogen and oxygen atoms in total. The lowest BCUT2D eigenvalue weighted by Gasteiger charge is -2.52. The summed E-state index contributed by atoms with van der Waals surface area (Å²) in [5, 5.41) is 13.2. The Labute approximate surface area is 557 Å². The van der Waals surface area contributed by atoms with Crippen molar-refractivity contribution in [3.8, 4) is 27.9 Å². The topological polar surface area (TPSA) is 4.93 Å². The highest BCUT2D eigenvalue weighted by Gasteiger charge is 2.57. The Morgan fingerprint density at radius 1 is 0.221 bits per heavy atom. The first-order valence-electron chi connectivity index (χ1n) is 33.2. The molecule has 0 saturated carbocycles. The Hall–Kier alpha value is -11.5. The minimum atomic E-state index is -3.40. The zero-order valence-corrected chi connectivity index (χ0v) is 54.5. The van der Waals surface area contributed by atoms with Crippen LogP contribution < -0.4 is 41.5 Å². The maximum absolute atomic E-state index is 3.40. The van der Waals surface area contributed by atoms with Crippen molar-refractivity contribution in [1.82, 2.24) is 4.57 Å². The van der Waals surface area contributed by atoms with Crippen LogP contribution in [0.5, 0.6) is 0 Å². The van der Waals surface area contributed by atoms with Gasteiger partial charge in [0.1, 0.15) is 0 Å². The first kappa shape index (κ1) is 56.3. The van der Waals surface area contributed by atoms with E-state index in [-0.39, 0.29) is 0 Å². The highest BCUT2D eigenvalue weighted by Crippen LogP contribution is 2.63. The molecule has 1 aromatic heterocycles. The predicted octanol–water partition coefficient (Wildman–Crippen LogP) is 16.3. The zero-order valence-electron chi connectivity index (χ0n) is 52.5. The molecule has 0 radical (unpaired) electrons. The van der Waals surface area contributed by atoms with E-state index in [0.29, 0.717) is 0 Å². The molecule has 16 aromatic rings. The summed E-state index contributed by atoms with van der Waals surface area (Å²) in [5.74, 6) is 0. The van der Waals surface area contributed by atoms with Crippen molar-refractivity contribution in [1.29, 1.82) is 0 Å². The van der Waals surface area contributed by atoms with Crippen LogP contribution in [0.3, 0.4) is 0 Å². The minimum Gasteiger partial charge on any atom is -0.309 e. The van der Waals surface area contributed by atoms with Crippen LogP contribution >= 0.6 is 0 Å². The molecule has 2 heterocycles. The van der Waals surface area contributed by atoms with E-state index < -0.39 is 27.0 Å². The van der Waals surface area contributed by atoms with E-state index in [1.165, 1.54) is 136 Å². The quantitative estimate of drug-likeness (QED) is 0.0849. The molecule has 0 bridgehead atoms. The molecule has 95 heavy (non-hydrogen) atoms. The molecule has 446 valence electrons. The molecule has 0 N–H and O–H groups in total. The standard InChI is InChI=1S/C92H65NSi2/c1-10-34-66(35-11-1)68-62-69(67-36-12-2-13-37-67)64-78(63-68)94(72-42-18-5-19-43-72,73-44-20-6-21-45-73)77-60-61-84-87(65-77)93-86-58-33-59-88(95(74-46-22-7-23-47-74,75-48-24-8-25-49-75)76-50-26-9-27-51-76)89(86)79-52-32-57-85(90(79)93)92(84)82-55-30-28-53-80(82)91(70-38-14-3-15-39-70,71-40-16-4-17-41-71)81-54-29-31-56-83(81)92/h1-65H. The van der Waals surface area contributed by atoms with Crippen LogP contribution in [0, 0.1) is 0 Å². The van der Waals surface area contributed by atoms with Gasteiger partial charge in [-0.25, -0.2) is 0 Å². The number of para-hydroxylation sites is 1. The molecule has 1 aliphatic carbocycles. The number of fused-ring (bicyclic) bond motifs is 11. The van der Waals surface area contributed by atoms with Gasteiger partial charge in [0.05, 0.1) is 27.6 Å². The van der Waals surface area contributed by atoms with Gasteiger partial charge < -0.3 is 4.57 Å². The third-order valence-electron chi connectivity index (χ3n) is 21.2. The van der Waals surface area contributed by atoms with Crippen LogP contribution in [0.15, 0.2) is 394 Å². The Balaban J connectivity index is 1.04. The summed E-state index contributed by atoms with van der Waals surface area (Å²) in [4.78, 5) is 0. The van der Waals surface area contributed by atoms with Crippen LogP contribution in [0.2, 0.25) is 0 Å². The molecule has 2 aliphatic rings. The molecule has 1 aliphatic heterocycles. The molecule has 0 saturated heterocycles. The van der Waals surface area contributed by atoms with Gasteiger partial charge in [-0.15, -0.1) is 0 Å². The molecular formula is C92H65NSi2. The third kappa shape index (κ3) is 8.20. The second kappa shape index (κ2) is 22.7. The fourth-order valence-corrected chi connectivity index (χ4v) is 27.4. The predicted molar refractivity (Wildman–Crippen MR) is 403 cm³/mol. The van der Waals surface area contributed by atoms with Crippen molar-refractivity contribution < 1.29 is 0 Å². The normalized spacial score (nSPS) is 13.4. The van der Waals surface area contributed by atoms with E-state index in [0.717, 1.165) is 0 Å². The molecule has 18 rings (SSSR count). The van der Waals surface area contributed by atoms with Gasteiger partial charge in [0.2, 0.25) is 0 Å². The van der Waals surface area contributed by atoms with Crippen LogP contribution in [-0.2, 0) is 10.8 Å². The van der Waals surface area contributed by atoms with Gasteiger partial charge in [0, 0.05) is 10.8 Å². The average molecular weight is 1240 g/mol. The summed E-state index contributed by atoms with van der Waals surface area (Å²) >= 11 is 0. The summed E-state index contributed by atoms with van der Waals surface area (Å²) < 4.78 is 2.74. The van der Waals surface area contributed by atoms with Crippen molar-refractivity contribution in [3.05, 3.63) is 439 Å². The van der Waals surface area contributed by atoms with Crippen LogP contribution in [-0.4, -0.2) is 20.7 Å². The molecular weight excluding hydrogens is 1180 g/mol. The number of benzene rings is 15. The fourth-order valence-electron chi connectivity index (χ4n) is 17.5. The van der Waals surface area contributed by atoms with Gasteiger partial charge in [-0.1, -0.05) is 376 Å². The van der Waals surface area contributed by atoms with Gasteiger partial charge in [-0.05, 0) is 126 Å². The van der Waals surface area contributed by atoms with Crippen molar-refractivity contribution in [2.75, 3.05) is 0 Å². The number of aromatic nitrogens is 1. The summed E-state index contributed by atoms with van der Waals surface area (Å²) in [6, 6.07) is 151. The molecule has 1 spiro atoms. The summed E-state index contributed by atoms with van der Waals surface area (Å²) in [5.41, 5.74) is 17.0. The van der Waals surface area contributed by atoms with Crippen LogP contribution in [0.25, 0.3) is 49.7 Å². The Bertz CT molecular complexity index is 5220. The lowest BCUT2D eigenvalue weighted by atomic mass is 9.50. The maximum atomic E-state index is 2.74.